The number of nitrogens with one attached hydrogen (secondary N) is 1. The van der Waals surface area contributed by atoms with Gasteiger partial charge in [-0.3, -0.25) is 9.59 Å². The summed E-state index contributed by atoms with van der Waals surface area (Å²) in [5.74, 6) is -0.254. The highest BCUT2D eigenvalue weighted by molar-refractivity contribution is 5.95. The molecule has 146 valence electrons. The predicted octanol–water partition coefficient (Wildman–Crippen LogP) is 2.67. The van der Waals surface area contributed by atoms with Crippen LogP contribution in [0.1, 0.15) is 48.5 Å². The van der Waals surface area contributed by atoms with E-state index in [1.54, 1.807) is 19.1 Å². The summed E-state index contributed by atoms with van der Waals surface area (Å²) >= 11 is 0. The summed E-state index contributed by atoms with van der Waals surface area (Å²) < 4.78 is 20.4. The van der Waals surface area contributed by atoms with Crippen LogP contribution < -0.4 is 5.32 Å². The molecule has 3 heterocycles. The topological polar surface area (TPSA) is 58.6 Å². The molecule has 1 N–H and O–H groups in total. The van der Waals surface area contributed by atoms with Crippen LogP contribution in [0.5, 0.6) is 0 Å². The molecule has 3 aliphatic heterocycles. The molecule has 1 spiro atoms. The van der Waals surface area contributed by atoms with Gasteiger partial charge in [-0.1, -0.05) is 19.1 Å². The van der Waals surface area contributed by atoms with Crippen LogP contribution in [0.4, 0.5) is 4.39 Å². The molecule has 2 bridgehead atoms. The predicted molar refractivity (Wildman–Crippen MR) is 98.8 cm³/mol. The minimum atomic E-state index is -0.495. The molecule has 3 saturated heterocycles. The number of amides is 2. The minimum absolute atomic E-state index is 0.113. The van der Waals surface area contributed by atoms with Crippen LogP contribution >= 0.6 is 0 Å². The van der Waals surface area contributed by atoms with E-state index in [4.69, 9.17) is 4.74 Å². The van der Waals surface area contributed by atoms with Gasteiger partial charge < -0.3 is 15.0 Å². The Morgan fingerprint density at radius 1 is 1.41 bits per heavy atom. The van der Waals surface area contributed by atoms with Gasteiger partial charge >= 0.3 is 0 Å². The Balaban J connectivity index is 1.44. The highest BCUT2D eigenvalue weighted by atomic mass is 19.1. The molecule has 0 aliphatic carbocycles. The zero-order chi connectivity index (χ0) is 19.2. The van der Waals surface area contributed by atoms with E-state index in [0.29, 0.717) is 31.6 Å². The Bertz CT molecular complexity index is 748. The van der Waals surface area contributed by atoms with Crippen molar-refractivity contribution < 1.29 is 18.7 Å². The second kappa shape index (κ2) is 6.89. The Labute approximate surface area is 159 Å². The molecular formula is C21H27FN2O3. The van der Waals surface area contributed by atoms with E-state index >= 15 is 0 Å². The third-order valence-corrected chi connectivity index (χ3v) is 6.55. The van der Waals surface area contributed by atoms with Gasteiger partial charge in [0.1, 0.15) is 5.82 Å². The number of ether oxygens (including phenoxy) is 1. The fourth-order valence-corrected chi connectivity index (χ4v) is 5.24. The van der Waals surface area contributed by atoms with Crippen LogP contribution in [0.2, 0.25) is 0 Å². The number of hydrogen-bond donors (Lipinski definition) is 1. The molecule has 3 aliphatic rings. The molecule has 4 atom stereocenters. The number of carbonyl (C=O) groups excluding carboxylic acids is 2. The first kappa shape index (κ1) is 18.4. The molecular weight excluding hydrogens is 347 g/mol. The Morgan fingerprint density at radius 3 is 2.96 bits per heavy atom. The highest BCUT2D eigenvalue weighted by Crippen LogP contribution is 2.54. The number of halogens is 1. The third-order valence-electron chi connectivity index (χ3n) is 6.55. The molecule has 0 saturated carbocycles. The van der Waals surface area contributed by atoms with Gasteiger partial charge in [-0.25, -0.2) is 4.39 Å². The van der Waals surface area contributed by atoms with Gasteiger partial charge in [0, 0.05) is 31.3 Å². The number of nitrogens with zero attached hydrogens (tertiary/aromatic N) is 1. The molecule has 3 fully saturated rings. The first-order valence-corrected chi connectivity index (χ1v) is 9.94. The monoisotopic (exact) mass is 374 g/mol. The largest absolute Gasteiger partial charge is 0.369 e. The highest BCUT2D eigenvalue weighted by Gasteiger charge is 2.63. The lowest BCUT2D eigenvalue weighted by atomic mass is 9.73. The summed E-state index contributed by atoms with van der Waals surface area (Å²) in [6, 6.07) is 4.66. The zero-order valence-corrected chi connectivity index (χ0v) is 16.0. The average Bonchev–Trinajstić information content (AvgIpc) is 3.28. The maximum absolute atomic E-state index is 14.0. The van der Waals surface area contributed by atoms with E-state index < -0.39 is 5.82 Å². The summed E-state index contributed by atoms with van der Waals surface area (Å²) in [7, 11) is 0. The van der Waals surface area contributed by atoms with Crippen LogP contribution in [0.3, 0.4) is 0 Å². The van der Waals surface area contributed by atoms with Crippen molar-refractivity contribution in [3.05, 3.63) is 35.1 Å². The van der Waals surface area contributed by atoms with Crippen molar-refractivity contribution in [1.82, 2.24) is 10.2 Å². The quantitative estimate of drug-likeness (QED) is 0.862. The number of likely N-dealkylation sites (tertiary alicyclic amines) is 1. The Hall–Kier alpha value is -1.95. The molecule has 27 heavy (non-hydrogen) atoms. The molecule has 1 aromatic rings. The standard InChI is InChI=1S/C21H27FN2O3/c1-3-5-18(25)24-11-15-14(17-8-9-21(15,12-24)27-17)10-23-20(26)19-13(2)6-4-7-16(19)22/h4,6-7,14-15,17H,3,5,8-12H2,1-2H3,(H,23,26)/t14-,15+,17+,21+/m0/s1. The molecule has 1 aromatic carbocycles. The second-order valence-corrected chi connectivity index (χ2v) is 8.20. The molecule has 0 aromatic heterocycles. The number of fused-ring (bicyclic) bond motifs is 1. The third kappa shape index (κ3) is 3.04. The summed E-state index contributed by atoms with van der Waals surface area (Å²) in [4.78, 5) is 26.8. The van der Waals surface area contributed by atoms with E-state index in [1.165, 1.54) is 6.07 Å². The summed E-state index contributed by atoms with van der Waals surface area (Å²) in [6.45, 7) is 5.58. The molecule has 5 nitrogen and oxygen atoms in total. The maximum atomic E-state index is 14.0. The van der Waals surface area contributed by atoms with E-state index in [9.17, 15) is 14.0 Å². The van der Waals surface area contributed by atoms with Gasteiger partial charge in [0.2, 0.25) is 5.91 Å². The van der Waals surface area contributed by atoms with Gasteiger partial charge in [-0.05, 0) is 37.8 Å². The van der Waals surface area contributed by atoms with Crippen molar-refractivity contribution in [1.29, 1.82) is 0 Å². The van der Waals surface area contributed by atoms with Crippen LogP contribution in [0.25, 0.3) is 0 Å². The zero-order valence-electron chi connectivity index (χ0n) is 16.0. The molecule has 4 rings (SSSR count). The maximum Gasteiger partial charge on any atom is 0.254 e. The number of benzene rings is 1. The smallest absolute Gasteiger partial charge is 0.254 e. The van der Waals surface area contributed by atoms with Gasteiger partial charge in [0.05, 0.1) is 23.8 Å². The molecule has 0 radical (unpaired) electrons. The van der Waals surface area contributed by atoms with Crippen LogP contribution in [-0.4, -0.2) is 48.1 Å². The van der Waals surface area contributed by atoms with Gasteiger partial charge in [0.25, 0.3) is 5.91 Å². The fraction of sp³-hybridized carbons (Fsp3) is 0.619. The first-order valence-electron chi connectivity index (χ1n) is 9.94. The average molecular weight is 374 g/mol. The van der Waals surface area contributed by atoms with Crippen LogP contribution in [0.15, 0.2) is 18.2 Å². The second-order valence-electron chi connectivity index (χ2n) is 8.20. The van der Waals surface area contributed by atoms with Crippen molar-refractivity contribution in [2.45, 2.75) is 51.2 Å². The number of carbonyl (C=O) groups is 2. The first-order chi connectivity index (χ1) is 12.9. The normalized spacial score (nSPS) is 31.2. The van der Waals surface area contributed by atoms with Crippen molar-refractivity contribution in [3.63, 3.8) is 0 Å². The summed E-state index contributed by atoms with van der Waals surface area (Å²) in [5.41, 5.74) is 0.505. The minimum Gasteiger partial charge on any atom is -0.369 e. The molecule has 2 amide bonds. The lowest BCUT2D eigenvalue weighted by molar-refractivity contribution is -0.131. The number of aryl methyl sites for hydroxylation is 1. The lowest BCUT2D eigenvalue weighted by Crippen LogP contribution is -2.42. The lowest BCUT2D eigenvalue weighted by Gasteiger charge is -2.29. The van der Waals surface area contributed by atoms with Crippen molar-refractivity contribution >= 4 is 11.8 Å². The van der Waals surface area contributed by atoms with Crippen molar-refractivity contribution in [3.8, 4) is 0 Å². The van der Waals surface area contributed by atoms with Crippen molar-refractivity contribution in [2.24, 2.45) is 11.8 Å². The van der Waals surface area contributed by atoms with Gasteiger partial charge in [-0.15, -0.1) is 0 Å². The van der Waals surface area contributed by atoms with Gasteiger partial charge in [0.15, 0.2) is 0 Å². The number of rotatable bonds is 5. The van der Waals surface area contributed by atoms with Crippen LogP contribution in [-0.2, 0) is 9.53 Å². The van der Waals surface area contributed by atoms with E-state index in [-0.39, 0.29) is 40.9 Å². The molecule has 6 heteroatoms. The molecule has 0 unspecified atom stereocenters. The SMILES string of the molecule is CCCC(=O)N1C[C@@H]2[C@H](CNC(=O)c3c(C)cccc3F)[C@H]3CC[C@]2(C1)O3. The van der Waals surface area contributed by atoms with E-state index in [1.807, 2.05) is 11.8 Å². The van der Waals surface area contributed by atoms with Crippen molar-refractivity contribution in [2.75, 3.05) is 19.6 Å². The fourth-order valence-electron chi connectivity index (χ4n) is 5.24. The van der Waals surface area contributed by atoms with Crippen LogP contribution in [0, 0.1) is 24.6 Å². The summed E-state index contributed by atoms with van der Waals surface area (Å²) in [6.07, 6.45) is 3.49. The summed E-state index contributed by atoms with van der Waals surface area (Å²) in [5, 5.41) is 2.92. The van der Waals surface area contributed by atoms with E-state index in [0.717, 1.165) is 19.3 Å². The van der Waals surface area contributed by atoms with Gasteiger partial charge in [-0.2, -0.15) is 0 Å². The number of hydrogen-bond acceptors (Lipinski definition) is 3. The Morgan fingerprint density at radius 2 is 2.22 bits per heavy atom. The Kier molecular flexibility index (Phi) is 4.70. The van der Waals surface area contributed by atoms with E-state index in [2.05, 4.69) is 5.32 Å².